The third-order valence-electron chi connectivity index (χ3n) is 3.25. The fraction of sp³-hybridized carbons (Fsp3) is 0.545. The number of nitrogens with one attached hydrogen (secondary N) is 3. The molecule has 2 atom stereocenters. The number of hydrogen-bond acceptors (Lipinski definition) is 3. The van der Waals surface area contributed by atoms with Crippen LogP contribution in [0.2, 0.25) is 10.0 Å². The molecule has 0 saturated carbocycles. The van der Waals surface area contributed by atoms with Crippen LogP contribution in [0.25, 0.3) is 10.4 Å². The molecule has 1 aromatic rings. The third-order valence-corrected chi connectivity index (χ3v) is 4.19. The van der Waals surface area contributed by atoms with Gasteiger partial charge in [-0.3, -0.25) is 4.79 Å². The van der Waals surface area contributed by atoms with Crippen molar-refractivity contribution >= 4 is 41.5 Å². The standard InChI is InChI=1S/C11H14Cl2N6O.ClH/c1-5-8(12)9(13)10(16-5)11(20)17-6-2-3-15-4-7(6)18-19-14;/h6-7,15-16H,2-4H2,1H3,(H,17,20);1H/t6-,7+;/m1./s1. The summed E-state index contributed by atoms with van der Waals surface area (Å²) in [6, 6.07) is -0.541. The van der Waals surface area contributed by atoms with Gasteiger partial charge in [0.05, 0.1) is 16.1 Å². The van der Waals surface area contributed by atoms with Crippen molar-refractivity contribution in [1.29, 1.82) is 0 Å². The number of halogens is 3. The molecule has 0 unspecified atom stereocenters. The van der Waals surface area contributed by atoms with Crippen molar-refractivity contribution < 1.29 is 4.79 Å². The van der Waals surface area contributed by atoms with E-state index in [2.05, 4.69) is 25.6 Å². The minimum absolute atomic E-state index is 0. The first kappa shape index (κ1) is 17.9. The molecule has 0 spiro atoms. The van der Waals surface area contributed by atoms with E-state index in [0.29, 0.717) is 23.7 Å². The number of azide groups is 1. The van der Waals surface area contributed by atoms with Gasteiger partial charge in [-0.1, -0.05) is 28.3 Å². The Balaban J connectivity index is 0.00000220. The van der Waals surface area contributed by atoms with Crippen LogP contribution in [-0.2, 0) is 0 Å². The highest BCUT2D eigenvalue weighted by atomic mass is 35.5. The minimum Gasteiger partial charge on any atom is -0.352 e. The zero-order valence-corrected chi connectivity index (χ0v) is 13.5. The summed E-state index contributed by atoms with van der Waals surface area (Å²) in [5.41, 5.74) is 9.41. The van der Waals surface area contributed by atoms with E-state index in [1.807, 2.05) is 0 Å². The zero-order chi connectivity index (χ0) is 14.7. The highest BCUT2D eigenvalue weighted by molar-refractivity contribution is 6.44. The lowest BCUT2D eigenvalue weighted by atomic mass is 10.0. The maximum atomic E-state index is 12.2. The topological polar surface area (TPSA) is 106 Å². The van der Waals surface area contributed by atoms with Crippen molar-refractivity contribution in [3.63, 3.8) is 0 Å². The van der Waals surface area contributed by atoms with Gasteiger partial charge in [-0.05, 0) is 25.4 Å². The van der Waals surface area contributed by atoms with Gasteiger partial charge in [0.15, 0.2) is 0 Å². The van der Waals surface area contributed by atoms with Gasteiger partial charge in [-0.15, -0.1) is 12.4 Å². The van der Waals surface area contributed by atoms with E-state index in [9.17, 15) is 4.79 Å². The first-order valence-electron chi connectivity index (χ1n) is 6.14. The van der Waals surface area contributed by atoms with Gasteiger partial charge in [0.2, 0.25) is 0 Å². The molecule has 2 heterocycles. The molecule has 1 fully saturated rings. The lowest BCUT2D eigenvalue weighted by molar-refractivity contribution is 0.0919. The molecular weight excluding hydrogens is 339 g/mol. The minimum atomic E-state index is -0.352. The number of aromatic amines is 1. The second kappa shape index (κ2) is 7.77. The summed E-state index contributed by atoms with van der Waals surface area (Å²) < 4.78 is 0. The van der Waals surface area contributed by atoms with Gasteiger partial charge in [0.1, 0.15) is 5.69 Å². The van der Waals surface area contributed by atoms with Gasteiger partial charge in [0.25, 0.3) is 5.91 Å². The molecule has 1 amide bonds. The number of H-pyrrole nitrogens is 1. The van der Waals surface area contributed by atoms with Gasteiger partial charge in [-0.2, -0.15) is 0 Å². The lowest BCUT2D eigenvalue weighted by Gasteiger charge is -2.29. The quantitative estimate of drug-likeness (QED) is 0.441. The molecule has 21 heavy (non-hydrogen) atoms. The summed E-state index contributed by atoms with van der Waals surface area (Å²) in [7, 11) is 0. The summed E-state index contributed by atoms with van der Waals surface area (Å²) >= 11 is 11.9. The van der Waals surface area contributed by atoms with Gasteiger partial charge >= 0.3 is 0 Å². The third kappa shape index (κ3) is 3.96. The second-order valence-electron chi connectivity index (χ2n) is 4.60. The fourth-order valence-electron chi connectivity index (χ4n) is 2.17. The maximum Gasteiger partial charge on any atom is 0.269 e. The lowest BCUT2D eigenvalue weighted by Crippen LogP contribution is -2.51. The largest absolute Gasteiger partial charge is 0.352 e. The molecule has 1 saturated heterocycles. The van der Waals surface area contributed by atoms with E-state index in [1.54, 1.807) is 6.92 Å². The van der Waals surface area contributed by atoms with Crippen LogP contribution in [0.1, 0.15) is 22.6 Å². The van der Waals surface area contributed by atoms with Crippen molar-refractivity contribution in [2.75, 3.05) is 13.1 Å². The molecule has 1 aliphatic heterocycles. The Morgan fingerprint density at radius 2 is 2.19 bits per heavy atom. The smallest absolute Gasteiger partial charge is 0.269 e. The van der Waals surface area contributed by atoms with E-state index >= 15 is 0 Å². The Kier molecular flexibility index (Phi) is 6.64. The molecule has 0 aromatic carbocycles. The zero-order valence-electron chi connectivity index (χ0n) is 11.2. The number of piperidine rings is 1. The molecule has 0 aliphatic carbocycles. The van der Waals surface area contributed by atoms with E-state index in [1.165, 1.54) is 0 Å². The van der Waals surface area contributed by atoms with Crippen LogP contribution in [0, 0.1) is 6.92 Å². The number of aryl methyl sites for hydroxylation is 1. The van der Waals surface area contributed by atoms with Crippen LogP contribution >= 0.6 is 35.6 Å². The molecule has 0 radical (unpaired) electrons. The number of carbonyl (C=O) groups is 1. The van der Waals surface area contributed by atoms with E-state index in [-0.39, 0.29) is 41.1 Å². The monoisotopic (exact) mass is 352 g/mol. The van der Waals surface area contributed by atoms with E-state index in [0.717, 1.165) is 6.54 Å². The Labute approximate surface area is 137 Å². The van der Waals surface area contributed by atoms with Crippen LogP contribution in [0.4, 0.5) is 0 Å². The number of amides is 1. The molecule has 2 rings (SSSR count). The first-order chi connectivity index (χ1) is 9.54. The van der Waals surface area contributed by atoms with Crippen LogP contribution in [-0.4, -0.2) is 36.1 Å². The van der Waals surface area contributed by atoms with Crippen LogP contribution < -0.4 is 10.6 Å². The summed E-state index contributed by atoms with van der Waals surface area (Å²) in [5.74, 6) is -0.352. The number of nitrogens with zero attached hydrogens (tertiary/aromatic N) is 3. The van der Waals surface area contributed by atoms with Gasteiger partial charge in [-0.25, -0.2) is 0 Å². The van der Waals surface area contributed by atoms with Crippen LogP contribution in [0.3, 0.4) is 0 Å². The number of hydrogen-bond donors (Lipinski definition) is 3. The average Bonchev–Trinajstić information content (AvgIpc) is 2.69. The Hall–Kier alpha value is -1.11. The summed E-state index contributed by atoms with van der Waals surface area (Å²) in [6.45, 7) is 3.02. The molecule has 7 nitrogen and oxygen atoms in total. The number of carbonyl (C=O) groups excluding carboxylic acids is 1. The normalized spacial score (nSPS) is 21.1. The summed E-state index contributed by atoms with van der Waals surface area (Å²) in [4.78, 5) is 17.9. The Morgan fingerprint density at radius 3 is 2.76 bits per heavy atom. The molecule has 3 N–H and O–H groups in total. The van der Waals surface area contributed by atoms with Crippen molar-refractivity contribution in [2.24, 2.45) is 5.11 Å². The van der Waals surface area contributed by atoms with Gasteiger partial charge in [0, 0.05) is 23.2 Å². The molecule has 1 aromatic heterocycles. The van der Waals surface area contributed by atoms with E-state index < -0.39 is 0 Å². The van der Waals surface area contributed by atoms with Crippen molar-refractivity contribution in [1.82, 2.24) is 15.6 Å². The first-order valence-corrected chi connectivity index (χ1v) is 6.89. The Morgan fingerprint density at radius 1 is 1.48 bits per heavy atom. The number of aromatic nitrogens is 1. The fourth-order valence-corrected chi connectivity index (χ4v) is 2.58. The predicted octanol–water partition coefficient (Wildman–Crippen LogP) is 2.82. The highest BCUT2D eigenvalue weighted by Crippen LogP contribution is 2.29. The second-order valence-corrected chi connectivity index (χ2v) is 5.35. The Bertz CT molecular complexity index is 569. The molecule has 10 heteroatoms. The predicted molar refractivity (Wildman–Crippen MR) is 84.5 cm³/mol. The van der Waals surface area contributed by atoms with Crippen molar-refractivity contribution in [3.05, 3.63) is 31.9 Å². The molecule has 0 bridgehead atoms. The average molecular weight is 354 g/mol. The van der Waals surface area contributed by atoms with Crippen LogP contribution in [0.15, 0.2) is 5.11 Å². The maximum absolute atomic E-state index is 12.2. The van der Waals surface area contributed by atoms with Gasteiger partial charge < -0.3 is 15.6 Å². The molecular formula is C11H15Cl3N6O. The SMILES string of the molecule is Cc1[nH]c(C(=O)N[C@@H]2CCNC[C@@H]2N=[N+]=[N-])c(Cl)c1Cl.Cl. The summed E-state index contributed by atoms with van der Waals surface area (Å²) in [6.07, 6.45) is 0.681. The van der Waals surface area contributed by atoms with E-state index in [4.69, 9.17) is 28.7 Å². The number of rotatable bonds is 3. The van der Waals surface area contributed by atoms with Crippen molar-refractivity contribution in [3.8, 4) is 0 Å². The molecule has 116 valence electrons. The summed E-state index contributed by atoms with van der Waals surface area (Å²) in [5, 5.41) is 10.2. The highest BCUT2D eigenvalue weighted by Gasteiger charge is 2.27. The molecule has 1 aliphatic rings. The van der Waals surface area contributed by atoms with Crippen molar-refractivity contribution in [2.45, 2.75) is 25.4 Å². The van der Waals surface area contributed by atoms with Crippen LogP contribution in [0.5, 0.6) is 0 Å².